The lowest BCUT2D eigenvalue weighted by molar-refractivity contribution is -0.133. The molecule has 40 heavy (non-hydrogen) atoms. The molecule has 0 N–H and O–H groups in total. The van der Waals surface area contributed by atoms with E-state index in [0.717, 1.165) is 11.1 Å². The van der Waals surface area contributed by atoms with Gasteiger partial charge in [-0.2, -0.15) is 0 Å². The predicted octanol–water partition coefficient (Wildman–Crippen LogP) is 6.97. The SMILES string of the molecule is COc1cc2c(Oc3ccc(CC(=O)C4(C(=O)Cc5ccc(C)cc5)CC4)cc3F)ccnc2cc1OC(C)C. The number of aryl methyl sites for hydroxylation is 1. The Hall–Kier alpha value is -4.26. The standard InChI is InChI=1S/C33H32FNO5/c1-20(2)39-30-19-26-24(18-29(30)38-4)27(11-14-35-26)40-28-10-9-23(15-25(28)34)17-32(37)33(12-13-33)31(36)16-22-7-5-21(3)6-8-22/h5-11,14-15,18-20H,12-13,16-17H2,1-4H3. The van der Waals surface area contributed by atoms with Crippen molar-refractivity contribution < 1.29 is 28.2 Å². The second-order valence-corrected chi connectivity index (χ2v) is 10.6. The van der Waals surface area contributed by atoms with E-state index in [4.69, 9.17) is 14.2 Å². The third kappa shape index (κ3) is 5.69. The highest BCUT2D eigenvalue weighted by Gasteiger charge is 2.54. The molecule has 1 heterocycles. The Kier molecular flexibility index (Phi) is 7.57. The fourth-order valence-electron chi connectivity index (χ4n) is 4.83. The summed E-state index contributed by atoms with van der Waals surface area (Å²) in [6.07, 6.45) is 2.84. The van der Waals surface area contributed by atoms with Crippen LogP contribution in [0.2, 0.25) is 0 Å². The molecule has 3 aromatic carbocycles. The zero-order valence-corrected chi connectivity index (χ0v) is 23.1. The van der Waals surface area contributed by atoms with Gasteiger partial charge in [0.1, 0.15) is 5.75 Å². The number of carbonyl (C=O) groups is 2. The van der Waals surface area contributed by atoms with Gasteiger partial charge in [0, 0.05) is 30.5 Å². The molecule has 4 aromatic rings. The Balaban J connectivity index is 1.31. The Bertz CT molecular complexity index is 1570. The second kappa shape index (κ2) is 11.1. The van der Waals surface area contributed by atoms with Crippen molar-refractivity contribution in [2.75, 3.05) is 7.11 Å². The van der Waals surface area contributed by atoms with Gasteiger partial charge in [-0.15, -0.1) is 0 Å². The summed E-state index contributed by atoms with van der Waals surface area (Å²) in [5.41, 5.74) is 2.17. The number of fused-ring (bicyclic) bond motifs is 1. The van der Waals surface area contributed by atoms with Crippen LogP contribution >= 0.6 is 0 Å². The van der Waals surface area contributed by atoms with E-state index >= 15 is 4.39 Å². The molecule has 5 rings (SSSR count). The smallest absolute Gasteiger partial charge is 0.166 e. The van der Waals surface area contributed by atoms with Crippen LogP contribution in [-0.2, 0) is 22.4 Å². The lowest BCUT2D eigenvalue weighted by Gasteiger charge is -2.16. The van der Waals surface area contributed by atoms with Crippen molar-refractivity contribution in [1.82, 2.24) is 4.98 Å². The molecule has 0 aliphatic heterocycles. The second-order valence-electron chi connectivity index (χ2n) is 10.6. The molecule has 1 aromatic heterocycles. The van der Waals surface area contributed by atoms with Crippen LogP contribution in [0.4, 0.5) is 4.39 Å². The van der Waals surface area contributed by atoms with Gasteiger partial charge in [0.05, 0.1) is 24.1 Å². The molecule has 0 unspecified atom stereocenters. The molecule has 1 aliphatic carbocycles. The summed E-state index contributed by atoms with van der Waals surface area (Å²) >= 11 is 0. The molecule has 0 radical (unpaired) electrons. The summed E-state index contributed by atoms with van der Waals surface area (Å²) in [5.74, 6) is 0.660. The summed E-state index contributed by atoms with van der Waals surface area (Å²) in [6, 6.07) is 17.4. The first-order chi connectivity index (χ1) is 19.2. The number of halogens is 1. The number of rotatable bonds is 11. The largest absolute Gasteiger partial charge is 0.493 e. The number of aromatic nitrogens is 1. The van der Waals surface area contributed by atoms with Crippen molar-refractivity contribution in [3.8, 4) is 23.0 Å². The highest BCUT2D eigenvalue weighted by molar-refractivity contribution is 6.11. The van der Waals surface area contributed by atoms with Crippen molar-refractivity contribution >= 4 is 22.5 Å². The van der Waals surface area contributed by atoms with E-state index in [1.807, 2.05) is 45.0 Å². The van der Waals surface area contributed by atoms with Crippen LogP contribution in [0.1, 0.15) is 43.4 Å². The van der Waals surface area contributed by atoms with E-state index in [1.165, 1.54) is 12.1 Å². The molecule has 0 bridgehead atoms. The summed E-state index contributed by atoms with van der Waals surface area (Å²) in [5, 5.41) is 0.636. The van der Waals surface area contributed by atoms with Gasteiger partial charge in [-0.1, -0.05) is 35.9 Å². The molecule has 1 fully saturated rings. The zero-order chi connectivity index (χ0) is 28.4. The lowest BCUT2D eigenvalue weighted by Crippen LogP contribution is -2.28. The topological polar surface area (TPSA) is 74.7 Å². The van der Waals surface area contributed by atoms with E-state index < -0.39 is 11.2 Å². The molecule has 0 amide bonds. The van der Waals surface area contributed by atoms with Crippen LogP contribution in [0.3, 0.4) is 0 Å². The van der Waals surface area contributed by atoms with Crippen molar-refractivity contribution in [3.63, 3.8) is 0 Å². The molecular weight excluding hydrogens is 509 g/mol. The Morgan fingerprint density at radius 3 is 2.17 bits per heavy atom. The van der Waals surface area contributed by atoms with Crippen LogP contribution in [0.5, 0.6) is 23.0 Å². The Morgan fingerprint density at radius 1 is 0.875 bits per heavy atom. The molecular formula is C33H32FNO5. The maximum atomic E-state index is 15.2. The van der Waals surface area contributed by atoms with Gasteiger partial charge in [-0.25, -0.2) is 4.39 Å². The maximum Gasteiger partial charge on any atom is 0.166 e. The number of carbonyl (C=O) groups excluding carboxylic acids is 2. The van der Waals surface area contributed by atoms with Crippen molar-refractivity contribution in [2.45, 2.75) is 52.6 Å². The lowest BCUT2D eigenvalue weighted by atomic mass is 9.87. The highest BCUT2D eigenvalue weighted by atomic mass is 19.1. The van der Waals surface area contributed by atoms with E-state index in [9.17, 15) is 9.59 Å². The van der Waals surface area contributed by atoms with E-state index in [2.05, 4.69) is 4.98 Å². The normalized spacial score (nSPS) is 13.8. The molecule has 1 saturated carbocycles. The molecule has 1 aliphatic rings. The predicted molar refractivity (Wildman–Crippen MR) is 151 cm³/mol. The maximum absolute atomic E-state index is 15.2. The molecule has 6 nitrogen and oxygen atoms in total. The number of methoxy groups -OCH3 is 1. The molecule has 7 heteroatoms. The number of hydrogen-bond donors (Lipinski definition) is 0. The van der Waals surface area contributed by atoms with Crippen LogP contribution in [0, 0.1) is 18.2 Å². The summed E-state index contributed by atoms with van der Waals surface area (Å²) < 4.78 is 32.4. The number of nitrogens with zero attached hydrogens (tertiary/aromatic N) is 1. The summed E-state index contributed by atoms with van der Waals surface area (Å²) in [4.78, 5) is 30.6. The first-order valence-electron chi connectivity index (χ1n) is 13.4. The average molecular weight is 542 g/mol. The number of pyridine rings is 1. The summed E-state index contributed by atoms with van der Waals surface area (Å²) in [7, 11) is 1.55. The van der Waals surface area contributed by atoms with Crippen molar-refractivity contribution in [3.05, 3.63) is 89.4 Å². The van der Waals surface area contributed by atoms with Crippen LogP contribution in [-0.4, -0.2) is 29.8 Å². The minimum Gasteiger partial charge on any atom is -0.493 e. The third-order valence-corrected chi connectivity index (χ3v) is 7.23. The van der Waals surface area contributed by atoms with Gasteiger partial charge < -0.3 is 14.2 Å². The third-order valence-electron chi connectivity index (χ3n) is 7.23. The zero-order valence-electron chi connectivity index (χ0n) is 23.1. The summed E-state index contributed by atoms with van der Waals surface area (Å²) in [6.45, 7) is 5.83. The molecule has 0 saturated heterocycles. The first-order valence-corrected chi connectivity index (χ1v) is 13.4. The molecule has 206 valence electrons. The van der Waals surface area contributed by atoms with Gasteiger partial charge in [-0.3, -0.25) is 14.6 Å². The van der Waals surface area contributed by atoms with Gasteiger partial charge >= 0.3 is 0 Å². The van der Waals surface area contributed by atoms with Crippen LogP contribution in [0.25, 0.3) is 10.9 Å². The van der Waals surface area contributed by atoms with E-state index in [0.29, 0.717) is 46.6 Å². The van der Waals surface area contributed by atoms with E-state index in [-0.39, 0.29) is 36.3 Å². The van der Waals surface area contributed by atoms with Crippen molar-refractivity contribution in [1.29, 1.82) is 0 Å². The monoisotopic (exact) mass is 541 g/mol. The average Bonchev–Trinajstić information content (AvgIpc) is 3.73. The van der Waals surface area contributed by atoms with Gasteiger partial charge in [-0.05, 0) is 69.0 Å². The van der Waals surface area contributed by atoms with E-state index in [1.54, 1.807) is 37.6 Å². The molecule has 0 spiro atoms. The van der Waals surface area contributed by atoms with Gasteiger partial charge in [0.2, 0.25) is 0 Å². The minimum atomic E-state index is -0.955. The number of benzene rings is 3. The quantitative estimate of drug-likeness (QED) is 0.191. The number of hydrogen-bond acceptors (Lipinski definition) is 6. The fourth-order valence-corrected chi connectivity index (χ4v) is 4.83. The fraction of sp³-hybridized carbons (Fsp3) is 0.303. The van der Waals surface area contributed by atoms with Gasteiger partial charge in [0.15, 0.2) is 34.6 Å². The number of ketones is 2. The highest BCUT2D eigenvalue weighted by Crippen LogP contribution is 2.49. The van der Waals surface area contributed by atoms with Crippen LogP contribution < -0.4 is 14.2 Å². The van der Waals surface area contributed by atoms with Gasteiger partial charge in [0.25, 0.3) is 0 Å². The first kappa shape index (κ1) is 27.3. The minimum absolute atomic E-state index is 0.00908. The number of ether oxygens (including phenoxy) is 3. The Labute approximate surface area is 233 Å². The van der Waals surface area contributed by atoms with Crippen molar-refractivity contribution in [2.24, 2.45) is 5.41 Å². The number of Topliss-reactive ketones (excluding diaryl/α,β-unsaturated/α-hetero) is 2. The Morgan fingerprint density at radius 2 is 1.55 bits per heavy atom. The molecule has 0 atom stereocenters. The van der Waals surface area contributed by atoms with Crippen LogP contribution in [0.15, 0.2) is 66.9 Å².